The van der Waals surface area contributed by atoms with Crippen molar-refractivity contribution in [2.45, 2.75) is 35.3 Å². The van der Waals surface area contributed by atoms with Crippen LogP contribution in [0.5, 0.6) is 0 Å². The summed E-state index contributed by atoms with van der Waals surface area (Å²) in [5.74, 6) is -2.13. The van der Waals surface area contributed by atoms with Crippen LogP contribution in [-0.2, 0) is 24.5 Å². The van der Waals surface area contributed by atoms with Gasteiger partial charge in [-0.1, -0.05) is 12.8 Å². The number of rotatable bonds is 5. The van der Waals surface area contributed by atoms with E-state index in [0.29, 0.717) is 12.8 Å². The van der Waals surface area contributed by atoms with Crippen LogP contribution < -0.4 is 5.32 Å². The zero-order chi connectivity index (χ0) is 19.0. The highest BCUT2D eigenvalue weighted by atomic mass is 32.2. The molecular weight excluding hydrogens is 370 g/mol. The van der Waals surface area contributed by atoms with Gasteiger partial charge in [-0.2, -0.15) is 0 Å². The molecule has 25 heavy (non-hydrogen) atoms. The summed E-state index contributed by atoms with van der Waals surface area (Å²) >= 11 is 0. The molecular formula is C15H19NO7S2. The van der Waals surface area contributed by atoms with E-state index in [2.05, 4.69) is 5.32 Å². The third-order valence-electron chi connectivity index (χ3n) is 4.37. The molecule has 0 heterocycles. The lowest BCUT2D eigenvalue weighted by Crippen LogP contribution is -2.47. The fourth-order valence-electron chi connectivity index (χ4n) is 2.97. The Bertz CT molecular complexity index is 927. The highest BCUT2D eigenvalue weighted by Crippen LogP contribution is 2.37. The Kier molecular flexibility index (Phi) is 4.97. The highest BCUT2D eigenvalue weighted by molar-refractivity contribution is 7.93. The van der Waals surface area contributed by atoms with Crippen molar-refractivity contribution in [2.24, 2.45) is 0 Å². The van der Waals surface area contributed by atoms with Crippen LogP contribution in [0.4, 0.5) is 5.69 Å². The summed E-state index contributed by atoms with van der Waals surface area (Å²) in [5, 5.41) is 11.5. The topological polar surface area (TPSA) is 135 Å². The molecule has 1 amide bonds. The fourth-order valence-corrected chi connectivity index (χ4v) is 5.07. The second-order valence-electron chi connectivity index (χ2n) is 6.25. The van der Waals surface area contributed by atoms with Gasteiger partial charge in [0, 0.05) is 18.2 Å². The molecule has 0 radical (unpaired) electrons. The molecule has 0 bridgehead atoms. The average molecular weight is 389 g/mol. The van der Waals surface area contributed by atoms with E-state index in [4.69, 9.17) is 5.11 Å². The molecule has 1 fully saturated rings. The molecule has 1 aromatic rings. The van der Waals surface area contributed by atoms with Gasteiger partial charge in [0.05, 0.1) is 10.5 Å². The quantitative estimate of drug-likeness (QED) is 0.769. The van der Waals surface area contributed by atoms with Crippen molar-refractivity contribution < 1.29 is 31.5 Å². The Morgan fingerprint density at radius 2 is 1.60 bits per heavy atom. The van der Waals surface area contributed by atoms with Crippen LogP contribution in [0.2, 0.25) is 0 Å². The van der Waals surface area contributed by atoms with Crippen molar-refractivity contribution in [3.8, 4) is 0 Å². The van der Waals surface area contributed by atoms with Crippen LogP contribution in [0.25, 0.3) is 0 Å². The number of carbonyl (C=O) groups is 2. The largest absolute Gasteiger partial charge is 0.478 e. The summed E-state index contributed by atoms with van der Waals surface area (Å²) in [6, 6.07) is 3.19. The highest BCUT2D eigenvalue weighted by Gasteiger charge is 2.50. The number of hydrogen-bond acceptors (Lipinski definition) is 6. The molecule has 138 valence electrons. The van der Waals surface area contributed by atoms with Gasteiger partial charge in [-0.3, -0.25) is 4.79 Å². The number of carboxylic acid groups (broad SMARTS) is 1. The number of carbonyl (C=O) groups excluding carboxylic acids is 1. The van der Waals surface area contributed by atoms with E-state index >= 15 is 0 Å². The van der Waals surface area contributed by atoms with E-state index in [9.17, 15) is 26.4 Å². The Labute approximate surface area is 146 Å². The Balaban J connectivity index is 2.47. The summed E-state index contributed by atoms with van der Waals surface area (Å²) in [7, 11) is -7.41. The van der Waals surface area contributed by atoms with Crippen molar-refractivity contribution in [1.82, 2.24) is 0 Å². The SMILES string of the molecule is CS(=O)(=O)c1cc(NC(=O)C2(S(C)(=O)=O)CCCC2)cc(C(=O)O)c1. The van der Waals surface area contributed by atoms with E-state index in [-0.39, 0.29) is 29.0 Å². The van der Waals surface area contributed by atoms with Crippen molar-refractivity contribution in [3.05, 3.63) is 23.8 Å². The van der Waals surface area contributed by atoms with Crippen LogP contribution in [0.1, 0.15) is 36.0 Å². The van der Waals surface area contributed by atoms with E-state index in [1.54, 1.807) is 0 Å². The van der Waals surface area contributed by atoms with Crippen LogP contribution in [0.3, 0.4) is 0 Å². The van der Waals surface area contributed by atoms with Gasteiger partial charge in [-0.15, -0.1) is 0 Å². The minimum atomic E-state index is -3.71. The summed E-state index contributed by atoms with van der Waals surface area (Å²) in [5.41, 5.74) is -0.390. The first-order valence-corrected chi connectivity index (χ1v) is 11.2. The van der Waals surface area contributed by atoms with Gasteiger partial charge in [-0.25, -0.2) is 21.6 Å². The summed E-state index contributed by atoms with van der Waals surface area (Å²) in [4.78, 5) is 23.6. The molecule has 8 nitrogen and oxygen atoms in total. The molecule has 1 aliphatic carbocycles. The molecule has 0 spiro atoms. The first-order valence-electron chi connectivity index (χ1n) is 7.46. The van der Waals surface area contributed by atoms with Gasteiger partial charge in [0.1, 0.15) is 0 Å². The number of hydrogen-bond donors (Lipinski definition) is 2. The fraction of sp³-hybridized carbons (Fsp3) is 0.467. The van der Waals surface area contributed by atoms with Gasteiger partial charge in [0.25, 0.3) is 0 Å². The molecule has 1 saturated carbocycles. The predicted octanol–water partition coefficient (Wildman–Crippen LogP) is 1.08. The van der Waals surface area contributed by atoms with E-state index in [1.807, 2.05) is 0 Å². The van der Waals surface area contributed by atoms with Gasteiger partial charge < -0.3 is 10.4 Å². The van der Waals surface area contributed by atoms with Crippen LogP contribution in [0, 0.1) is 0 Å². The van der Waals surface area contributed by atoms with Crippen LogP contribution >= 0.6 is 0 Å². The normalized spacial score (nSPS) is 17.2. The molecule has 2 rings (SSSR count). The lowest BCUT2D eigenvalue weighted by molar-refractivity contribution is -0.118. The number of sulfone groups is 2. The predicted molar refractivity (Wildman–Crippen MR) is 91.2 cm³/mol. The summed E-state index contributed by atoms with van der Waals surface area (Å²) in [6.45, 7) is 0. The average Bonchev–Trinajstić information content (AvgIpc) is 2.96. The Hall–Kier alpha value is -1.94. The van der Waals surface area contributed by atoms with E-state index < -0.39 is 36.3 Å². The molecule has 1 aromatic carbocycles. The first-order chi connectivity index (χ1) is 11.4. The molecule has 0 unspecified atom stereocenters. The maximum absolute atomic E-state index is 12.6. The second-order valence-corrected chi connectivity index (χ2v) is 10.6. The number of anilines is 1. The molecule has 2 N–H and O–H groups in total. The van der Waals surface area contributed by atoms with E-state index in [1.165, 1.54) is 0 Å². The minimum absolute atomic E-state index is 0.0692. The van der Waals surface area contributed by atoms with Crippen molar-refractivity contribution in [1.29, 1.82) is 0 Å². The molecule has 0 aliphatic heterocycles. The minimum Gasteiger partial charge on any atom is -0.478 e. The standard InChI is InChI=1S/C15H19NO7S2/c1-24(20,21)12-8-10(13(17)18)7-11(9-12)16-14(19)15(25(2,22)23)5-3-4-6-15/h7-9H,3-6H2,1-2H3,(H,16,19)(H,17,18). The van der Waals surface area contributed by atoms with Crippen LogP contribution in [-0.4, -0.2) is 51.1 Å². The molecule has 1 aliphatic rings. The van der Waals surface area contributed by atoms with Crippen LogP contribution in [0.15, 0.2) is 23.1 Å². The summed E-state index contributed by atoms with van der Waals surface area (Å²) in [6.07, 6.45) is 3.43. The Morgan fingerprint density at radius 3 is 2.04 bits per heavy atom. The van der Waals surface area contributed by atoms with Crippen molar-refractivity contribution in [2.75, 3.05) is 17.8 Å². The zero-order valence-corrected chi connectivity index (χ0v) is 15.4. The lowest BCUT2D eigenvalue weighted by Gasteiger charge is -2.25. The smallest absolute Gasteiger partial charge is 0.335 e. The number of amides is 1. The van der Waals surface area contributed by atoms with Crippen molar-refractivity contribution in [3.63, 3.8) is 0 Å². The second kappa shape index (κ2) is 6.41. The molecule has 0 aromatic heterocycles. The van der Waals surface area contributed by atoms with Gasteiger partial charge in [0.2, 0.25) is 5.91 Å². The maximum atomic E-state index is 12.6. The maximum Gasteiger partial charge on any atom is 0.335 e. The lowest BCUT2D eigenvalue weighted by atomic mass is 10.1. The van der Waals surface area contributed by atoms with Crippen molar-refractivity contribution >= 4 is 37.2 Å². The van der Waals surface area contributed by atoms with E-state index in [0.717, 1.165) is 30.7 Å². The number of benzene rings is 1. The number of carboxylic acids is 1. The third-order valence-corrected chi connectivity index (χ3v) is 7.48. The first kappa shape index (κ1) is 19.4. The Morgan fingerprint density at radius 1 is 1.04 bits per heavy atom. The third kappa shape index (κ3) is 3.84. The number of nitrogens with one attached hydrogen (secondary N) is 1. The zero-order valence-electron chi connectivity index (χ0n) is 13.8. The molecule has 0 atom stereocenters. The molecule has 0 saturated heterocycles. The van der Waals surface area contributed by atoms with Gasteiger partial charge >= 0.3 is 5.97 Å². The monoisotopic (exact) mass is 389 g/mol. The summed E-state index contributed by atoms with van der Waals surface area (Å²) < 4.78 is 46.1. The molecule has 10 heteroatoms. The van der Waals surface area contributed by atoms with Gasteiger partial charge in [-0.05, 0) is 31.0 Å². The number of aromatic carboxylic acids is 1. The van der Waals surface area contributed by atoms with Gasteiger partial charge in [0.15, 0.2) is 24.4 Å².